The fourth-order valence-electron chi connectivity index (χ4n) is 3.50. The summed E-state index contributed by atoms with van der Waals surface area (Å²) in [6.45, 7) is 11.4. The van der Waals surface area contributed by atoms with Crippen molar-refractivity contribution in [2.75, 3.05) is 6.61 Å². The van der Waals surface area contributed by atoms with E-state index < -0.39 is 0 Å². The number of hydrogen-bond donors (Lipinski definition) is 0. The minimum Gasteiger partial charge on any atom is -0.462 e. The van der Waals surface area contributed by atoms with Crippen molar-refractivity contribution in [3.8, 4) is 0 Å². The van der Waals surface area contributed by atoms with Crippen LogP contribution in [0.2, 0.25) is 0 Å². The summed E-state index contributed by atoms with van der Waals surface area (Å²) in [5.74, 6) is -0.0616. The monoisotopic (exact) mass is 408 g/mol. The van der Waals surface area contributed by atoms with Crippen molar-refractivity contribution in [2.45, 2.75) is 57.0 Å². The molecule has 0 spiro atoms. The van der Waals surface area contributed by atoms with E-state index in [0.717, 1.165) is 16.2 Å². The molecular weight excluding hydrogens is 380 g/mol. The van der Waals surface area contributed by atoms with Gasteiger partial charge in [-0.15, -0.1) is 0 Å². The molecule has 4 nitrogen and oxygen atoms in total. The Morgan fingerprint density at radius 1 is 1.14 bits per heavy atom. The van der Waals surface area contributed by atoms with Crippen molar-refractivity contribution >= 4 is 17.7 Å². The number of carbonyl (C=O) groups is 1. The quantitative estimate of drug-likeness (QED) is 0.450. The first-order valence-electron chi connectivity index (χ1n) is 9.94. The van der Waals surface area contributed by atoms with E-state index in [9.17, 15) is 4.79 Å². The molecule has 0 saturated heterocycles. The Bertz CT molecular complexity index is 973. The number of aryl methyl sites for hydroxylation is 2. The summed E-state index contributed by atoms with van der Waals surface area (Å²) in [7, 11) is 0. The van der Waals surface area contributed by atoms with Crippen molar-refractivity contribution in [2.24, 2.45) is 0 Å². The number of ether oxygens (including phenoxy) is 1. The molecular formula is C24H28N2O2S. The molecule has 0 saturated carbocycles. The third kappa shape index (κ3) is 5.10. The van der Waals surface area contributed by atoms with Gasteiger partial charge in [0.2, 0.25) is 0 Å². The normalized spacial score (nSPS) is 11.1. The molecule has 152 valence electrons. The number of nitrogens with zero attached hydrogens (tertiary/aromatic N) is 2. The standard InChI is InChI=1S/C24H28N2O2S/c1-6-28-24(27)21-15-26(14-19-7-9-25-10-8-19)23(22(21)16(2)3)29-20-12-17(4)11-18(5)13-20/h7-13,15-16H,6,14H2,1-5H3. The van der Waals surface area contributed by atoms with Crippen molar-refractivity contribution in [1.82, 2.24) is 9.55 Å². The van der Waals surface area contributed by atoms with Gasteiger partial charge in [0, 0.05) is 35.6 Å². The van der Waals surface area contributed by atoms with Gasteiger partial charge in [0.05, 0.1) is 17.2 Å². The molecule has 0 aliphatic rings. The van der Waals surface area contributed by atoms with Gasteiger partial charge >= 0.3 is 5.97 Å². The molecule has 0 aliphatic carbocycles. The van der Waals surface area contributed by atoms with E-state index in [0.29, 0.717) is 18.7 Å². The molecule has 0 radical (unpaired) electrons. The van der Waals surface area contributed by atoms with Crippen LogP contribution in [0.3, 0.4) is 0 Å². The predicted octanol–water partition coefficient (Wildman–Crippen LogP) is 6.00. The van der Waals surface area contributed by atoms with Crippen molar-refractivity contribution < 1.29 is 9.53 Å². The molecule has 1 aromatic carbocycles. The van der Waals surface area contributed by atoms with Crippen LogP contribution in [0.15, 0.2) is 58.8 Å². The summed E-state index contributed by atoms with van der Waals surface area (Å²) >= 11 is 1.71. The highest BCUT2D eigenvalue weighted by atomic mass is 32.2. The summed E-state index contributed by atoms with van der Waals surface area (Å²) in [5, 5.41) is 1.09. The van der Waals surface area contributed by atoms with E-state index in [1.807, 2.05) is 25.3 Å². The maximum atomic E-state index is 12.7. The summed E-state index contributed by atoms with van der Waals surface area (Å²) < 4.78 is 7.52. The van der Waals surface area contributed by atoms with Gasteiger partial charge in [-0.05, 0) is 67.6 Å². The van der Waals surface area contributed by atoms with E-state index in [-0.39, 0.29) is 11.9 Å². The van der Waals surface area contributed by atoms with Gasteiger partial charge in [-0.1, -0.05) is 31.7 Å². The molecule has 3 rings (SSSR count). The second-order valence-corrected chi connectivity index (χ2v) is 8.61. The van der Waals surface area contributed by atoms with Gasteiger partial charge in [-0.3, -0.25) is 4.98 Å². The van der Waals surface area contributed by atoms with Crippen molar-refractivity contribution in [1.29, 1.82) is 0 Å². The molecule has 2 aromatic heterocycles. The summed E-state index contributed by atoms with van der Waals surface area (Å²) in [6.07, 6.45) is 5.54. The minimum atomic E-state index is -0.257. The highest BCUT2D eigenvalue weighted by Gasteiger charge is 2.25. The van der Waals surface area contributed by atoms with Crippen LogP contribution < -0.4 is 0 Å². The predicted molar refractivity (Wildman–Crippen MR) is 118 cm³/mol. The first-order valence-corrected chi connectivity index (χ1v) is 10.8. The summed E-state index contributed by atoms with van der Waals surface area (Å²) in [5.41, 5.74) is 5.31. The van der Waals surface area contributed by atoms with Crippen LogP contribution in [0.4, 0.5) is 0 Å². The molecule has 0 bridgehead atoms. The van der Waals surface area contributed by atoms with E-state index in [2.05, 4.69) is 55.4 Å². The zero-order valence-electron chi connectivity index (χ0n) is 17.7. The highest BCUT2D eigenvalue weighted by molar-refractivity contribution is 7.99. The molecule has 3 aromatic rings. The Hall–Kier alpha value is -2.53. The number of aromatic nitrogens is 2. The zero-order valence-corrected chi connectivity index (χ0v) is 18.5. The number of benzene rings is 1. The Morgan fingerprint density at radius 2 is 1.79 bits per heavy atom. The molecule has 0 amide bonds. The van der Waals surface area contributed by atoms with Crippen LogP contribution in [0.5, 0.6) is 0 Å². The fraction of sp³-hybridized carbons (Fsp3) is 0.333. The first kappa shape index (κ1) is 21.2. The molecule has 2 heterocycles. The van der Waals surface area contributed by atoms with Crippen LogP contribution in [-0.4, -0.2) is 22.1 Å². The van der Waals surface area contributed by atoms with Crippen molar-refractivity contribution in [3.63, 3.8) is 0 Å². The van der Waals surface area contributed by atoms with Gasteiger partial charge in [0.1, 0.15) is 0 Å². The maximum absolute atomic E-state index is 12.7. The molecule has 0 N–H and O–H groups in total. The third-order valence-corrected chi connectivity index (χ3v) is 5.77. The Balaban J connectivity index is 2.11. The Kier molecular flexibility index (Phi) is 6.80. The van der Waals surface area contributed by atoms with E-state index >= 15 is 0 Å². The molecule has 0 aliphatic heterocycles. The molecule has 0 atom stereocenters. The second-order valence-electron chi connectivity index (χ2n) is 7.55. The Labute approximate surface area is 177 Å². The number of esters is 1. The van der Waals surface area contributed by atoms with Gasteiger partial charge in [-0.25, -0.2) is 4.79 Å². The van der Waals surface area contributed by atoms with Crippen LogP contribution >= 0.6 is 11.8 Å². The lowest BCUT2D eigenvalue weighted by Crippen LogP contribution is -2.07. The average Bonchev–Trinajstić information content (AvgIpc) is 3.00. The lowest BCUT2D eigenvalue weighted by molar-refractivity contribution is 0.0524. The van der Waals surface area contributed by atoms with Crippen LogP contribution in [0.1, 0.15) is 59.3 Å². The van der Waals surface area contributed by atoms with E-state index in [1.165, 1.54) is 16.0 Å². The van der Waals surface area contributed by atoms with Crippen LogP contribution in [0, 0.1) is 13.8 Å². The topological polar surface area (TPSA) is 44.1 Å². The third-order valence-electron chi connectivity index (χ3n) is 4.65. The van der Waals surface area contributed by atoms with E-state index in [4.69, 9.17) is 4.74 Å². The molecule has 0 fully saturated rings. The SMILES string of the molecule is CCOC(=O)c1cn(Cc2ccncc2)c(Sc2cc(C)cc(C)c2)c1C(C)C. The molecule has 5 heteroatoms. The van der Waals surface area contributed by atoms with Crippen LogP contribution in [0.25, 0.3) is 0 Å². The van der Waals surface area contributed by atoms with Gasteiger partial charge in [0.15, 0.2) is 0 Å². The van der Waals surface area contributed by atoms with Gasteiger partial charge in [-0.2, -0.15) is 0 Å². The van der Waals surface area contributed by atoms with Gasteiger partial charge in [0.25, 0.3) is 0 Å². The zero-order chi connectivity index (χ0) is 21.0. The van der Waals surface area contributed by atoms with Crippen molar-refractivity contribution in [3.05, 3.63) is 76.7 Å². The van der Waals surface area contributed by atoms with E-state index in [1.54, 1.807) is 24.2 Å². The number of rotatable bonds is 7. The molecule has 0 unspecified atom stereocenters. The highest BCUT2D eigenvalue weighted by Crippen LogP contribution is 2.38. The molecule has 29 heavy (non-hydrogen) atoms. The largest absolute Gasteiger partial charge is 0.462 e. The van der Waals surface area contributed by atoms with Crippen LogP contribution in [-0.2, 0) is 11.3 Å². The number of carbonyl (C=O) groups excluding carboxylic acids is 1. The maximum Gasteiger partial charge on any atom is 0.340 e. The fourth-order valence-corrected chi connectivity index (χ4v) is 4.91. The number of pyridine rings is 1. The first-order chi connectivity index (χ1) is 13.9. The minimum absolute atomic E-state index is 0.196. The smallest absolute Gasteiger partial charge is 0.340 e. The van der Waals surface area contributed by atoms with Gasteiger partial charge < -0.3 is 9.30 Å². The lowest BCUT2D eigenvalue weighted by Gasteiger charge is -2.14. The number of hydrogen-bond acceptors (Lipinski definition) is 4. The summed E-state index contributed by atoms with van der Waals surface area (Å²) in [6, 6.07) is 10.6. The second kappa shape index (κ2) is 9.31. The lowest BCUT2D eigenvalue weighted by atomic mass is 10.0. The Morgan fingerprint density at radius 3 is 2.38 bits per heavy atom. The average molecular weight is 409 g/mol. The summed E-state index contributed by atoms with van der Waals surface area (Å²) in [4.78, 5) is 18.0.